The number of hydrogen-bond donors (Lipinski definition) is 1. The van der Waals surface area contributed by atoms with Crippen LogP contribution < -0.4 is 0 Å². The molecular formula is C22H22O3. The summed E-state index contributed by atoms with van der Waals surface area (Å²) in [5, 5.41) is 10.8. The molecule has 0 aromatic heterocycles. The van der Waals surface area contributed by atoms with Gasteiger partial charge in [-0.3, -0.25) is 0 Å². The van der Waals surface area contributed by atoms with Crippen LogP contribution in [0.15, 0.2) is 83.5 Å². The van der Waals surface area contributed by atoms with Crippen molar-refractivity contribution in [2.75, 3.05) is 0 Å². The lowest BCUT2D eigenvalue weighted by Gasteiger charge is -2.20. The van der Waals surface area contributed by atoms with Crippen LogP contribution in [0, 0.1) is 0 Å². The van der Waals surface area contributed by atoms with E-state index in [0.717, 1.165) is 22.3 Å². The lowest BCUT2D eigenvalue weighted by molar-refractivity contribution is -0.140. The zero-order valence-electron chi connectivity index (χ0n) is 14.5. The smallest absolute Gasteiger partial charge is 0.335 e. The minimum Gasteiger partial charge on any atom is -0.457 e. The molecule has 0 unspecified atom stereocenters. The highest BCUT2D eigenvalue weighted by atomic mass is 16.5. The highest BCUT2D eigenvalue weighted by molar-refractivity contribution is 5.92. The molecular weight excluding hydrogens is 312 g/mol. The number of ether oxygens (including phenoxy) is 1. The van der Waals surface area contributed by atoms with E-state index < -0.39 is 12.0 Å². The van der Waals surface area contributed by atoms with E-state index in [1.54, 1.807) is 6.08 Å². The first-order valence-corrected chi connectivity index (χ1v) is 8.41. The molecule has 2 aromatic carbocycles. The Balaban J connectivity index is 1.86. The highest BCUT2D eigenvalue weighted by Gasteiger charge is 2.37. The number of carbonyl (C=O) groups excluding carboxylic acids is 1. The fourth-order valence-electron chi connectivity index (χ4n) is 3.15. The van der Waals surface area contributed by atoms with Gasteiger partial charge >= 0.3 is 5.97 Å². The lowest BCUT2D eigenvalue weighted by atomic mass is 9.89. The summed E-state index contributed by atoms with van der Waals surface area (Å²) in [6.07, 6.45) is 1.05. The molecule has 128 valence electrons. The van der Waals surface area contributed by atoms with Gasteiger partial charge in [0.1, 0.15) is 6.61 Å². The fourth-order valence-corrected chi connectivity index (χ4v) is 3.15. The second-order valence-electron chi connectivity index (χ2n) is 6.45. The Morgan fingerprint density at radius 2 is 1.60 bits per heavy atom. The Labute approximate surface area is 148 Å². The van der Waals surface area contributed by atoms with Gasteiger partial charge < -0.3 is 9.84 Å². The monoisotopic (exact) mass is 334 g/mol. The van der Waals surface area contributed by atoms with E-state index in [4.69, 9.17) is 4.74 Å². The Kier molecular flexibility index (Phi) is 5.15. The molecule has 1 aliphatic rings. The number of aliphatic hydroxyl groups excluding tert-OH is 1. The quantitative estimate of drug-likeness (QED) is 0.855. The molecule has 0 saturated carbocycles. The van der Waals surface area contributed by atoms with Crippen molar-refractivity contribution in [3.8, 4) is 0 Å². The maximum Gasteiger partial charge on any atom is 0.335 e. The van der Waals surface area contributed by atoms with Gasteiger partial charge in [-0.2, -0.15) is 0 Å². The predicted octanol–water partition coefficient (Wildman–Crippen LogP) is 4.15. The van der Waals surface area contributed by atoms with Crippen molar-refractivity contribution in [1.29, 1.82) is 0 Å². The second kappa shape index (κ2) is 7.49. The van der Waals surface area contributed by atoms with E-state index in [-0.39, 0.29) is 12.6 Å². The topological polar surface area (TPSA) is 46.5 Å². The number of esters is 1. The van der Waals surface area contributed by atoms with E-state index in [1.165, 1.54) is 0 Å². The third-order valence-corrected chi connectivity index (χ3v) is 4.46. The molecule has 0 aliphatic heterocycles. The molecule has 0 amide bonds. The Morgan fingerprint density at radius 3 is 2.20 bits per heavy atom. The summed E-state index contributed by atoms with van der Waals surface area (Å²) >= 11 is 0. The van der Waals surface area contributed by atoms with E-state index >= 15 is 0 Å². The van der Waals surface area contributed by atoms with Gasteiger partial charge in [-0.1, -0.05) is 66.2 Å². The van der Waals surface area contributed by atoms with Gasteiger partial charge in [0.15, 0.2) is 0 Å². The van der Waals surface area contributed by atoms with Crippen LogP contribution in [-0.2, 0) is 16.1 Å². The zero-order valence-corrected chi connectivity index (χ0v) is 14.5. The van der Waals surface area contributed by atoms with Gasteiger partial charge in [-0.25, -0.2) is 4.79 Å². The SMILES string of the molecule is CC(C)=C1C=C(C(=O)OCc2ccccc2)[C@H](c2ccccc2)[C@@H]1O. The van der Waals surface area contributed by atoms with Crippen LogP contribution >= 0.6 is 0 Å². The number of allylic oxidation sites excluding steroid dienone is 1. The van der Waals surface area contributed by atoms with Gasteiger partial charge in [0.2, 0.25) is 0 Å². The van der Waals surface area contributed by atoms with Crippen molar-refractivity contribution >= 4 is 5.97 Å². The standard InChI is InChI=1S/C22H22O3/c1-15(2)18-13-19(20(21(18)23)17-11-7-4-8-12-17)22(24)25-14-16-9-5-3-6-10-16/h3-13,20-21,23H,14H2,1-2H3/t20-,21+/m0/s1. The lowest BCUT2D eigenvalue weighted by Crippen LogP contribution is -2.21. The molecule has 2 atom stereocenters. The molecule has 0 saturated heterocycles. The fraction of sp³-hybridized carbons (Fsp3) is 0.227. The average Bonchev–Trinajstić information content (AvgIpc) is 2.99. The summed E-state index contributed by atoms with van der Waals surface area (Å²) < 4.78 is 5.50. The molecule has 0 heterocycles. The number of rotatable bonds is 4. The summed E-state index contributed by atoms with van der Waals surface area (Å²) in [5.41, 5.74) is 4.15. The molecule has 0 radical (unpaired) electrons. The van der Waals surface area contributed by atoms with Crippen molar-refractivity contribution in [3.05, 3.63) is 94.6 Å². The maximum absolute atomic E-state index is 12.7. The minimum absolute atomic E-state index is 0.221. The largest absolute Gasteiger partial charge is 0.457 e. The normalized spacial score (nSPS) is 19.5. The second-order valence-corrected chi connectivity index (χ2v) is 6.45. The number of aliphatic hydroxyl groups is 1. The number of carbonyl (C=O) groups is 1. The van der Waals surface area contributed by atoms with E-state index in [1.807, 2.05) is 74.5 Å². The van der Waals surface area contributed by atoms with E-state index in [9.17, 15) is 9.90 Å². The van der Waals surface area contributed by atoms with Crippen LogP contribution in [0.5, 0.6) is 0 Å². The summed E-state index contributed by atoms with van der Waals surface area (Å²) in [6, 6.07) is 19.2. The van der Waals surface area contributed by atoms with Gasteiger partial charge in [0.25, 0.3) is 0 Å². The van der Waals surface area contributed by atoms with Crippen molar-refractivity contribution in [3.63, 3.8) is 0 Å². The Bertz CT molecular complexity index is 800. The minimum atomic E-state index is -0.730. The number of hydrogen-bond acceptors (Lipinski definition) is 3. The third-order valence-electron chi connectivity index (χ3n) is 4.46. The van der Waals surface area contributed by atoms with Crippen molar-refractivity contribution in [2.45, 2.75) is 32.5 Å². The molecule has 0 bridgehead atoms. The molecule has 2 aromatic rings. The molecule has 1 aliphatic carbocycles. The van der Waals surface area contributed by atoms with Crippen LogP contribution in [0.2, 0.25) is 0 Å². The third kappa shape index (κ3) is 3.72. The average molecular weight is 334 g/mol. The molecule has 1 N–H and O–H groups in total. The Hall–Kier alpha value is -2.65. The maximum atomic E-state index is 12.7. The molecule has 0 fully saturated rings. The van der Waals surface area contributed by atoms with Crippen molar-refractivity contribution < 1.29 is 14.6 Å². The van der Waals surface area contributed by atoms with Crippen LogP contribution in [0.3, 0.4) is 0 Å². The van der Waals surface area contributed by atoms with Gasteiger partial charge in [-0.05, 0) is 36.6 Å². The first kappa shape index (κ1) is 17.2. The van der Waals surface area contributed by atoms with E-state index in [0.29, 0.717) is 5.57 Å². The molecule has 3 nitrogen and oxygen atoms in total. The highest BCUT2D eigenvalue weighted by Crippen LogP contribution is 2.40. The molecule has 25 heavy (non-hydrogen) atoms. The summed E-state index contributed by atoms with van der Waals surface area (Å²) in [5.74, 6) is -0.776. The van der Waals surface area contributed by atoms with Gasteiger partial charge in [-0.15, -0.1) is 0 Å². The summed E-state index contributed by atoms with van der Waals surface area (Å²) in [4.78, 5) is 12.7. The number of benzene rings is 2. The van der Waals surface area contributed by atoms with Crippen LogP contribution in [0.1, 0.15) is 30.9 Å². The van der Waals surface area contributed by atoms with Gasteiger partial charge in [0.05, 0.1) is 6.10 Å². The first-order valence-electron chi connectivity index (χ1n) is 8.41. The van der Waals surface area contributed by atoms with Gasteiger partial charge in [0, 0.05) is 11.5 Å². The summed E-state index contributed by atoms with van der Waals surface area (Å²) in [7, 11) is 0. The first-order chi connectivity index (χ1) is 12.1. The summed E-state index contributed by atoms with van der Waals surface area (Å²) in [6.45, 7) is 4.10. The molecule has 3 heteroatoms. The van der Waals surface area contributed by atoms with E-state index in [2.05, 4.69) is 0 Å². The Morgan fingerprint density at radius 1 is 1.00 bits per heavy atom. The predicted molar refractivity (Wildman–Crippen MR) is 97.9 cm³/mol. The van der Waals surface area contributed by atoms with Crippen molar-refractivity contribution in [2.24, 2.45) is 0 Å². The van der Waals surface area contributed by atoms with Crippen molar-refractivity contribution in [1.82, 2.24) is 0 Å². The zero-order chi connectivity index (χ0) is 17.8. The molecule has 0 spiro atoms. The van der Waals surface area contributed by atoms with Crippen LogP contribution in [-0.4, -0.2) is 17.2 Å². The van der Waals surface area contributed by atoms with Crippen LogP contribution in [0.4, 0.5) is 0 Å². The van der Waals surface area contributed by atoms with Crippen LogP contribution in [0.25, 0.3) is 0 Å². The molecule has 3 rings (SSSR count).